The molecule has 2 N–H and O–H groups in total. The number of hydrogen-bond donors (Lipinski definition) is 2. The van der Waals surface area contributed by atoms with E-state index in [-0.39, 0.29) is 0 Å². The van der Waals surface area contributed by atoms with E-state index >= 15 is 0 Å². The van der Waals surface area contributed by atoms with Crippen molar-refractivity contribution in [2.75, 3.05) is 33.2 Å². The first-order valence-electron chi connectivity index (χ1n) is 11.0. The molecule has 158 valence electrons. The maximum Gasteiger partial charge on any atom is 0.191 e. The molecule has 0 bridgehead atoms. The number of nitrogens with zero attached hydrogens (tertiary/aromatic N) is 4. The third kappa shape index (κ3) is 7.20. The van der Waals surface area contributed by atoms with Gasteiger partial charge >= 0.3 is 0 Å². The normalized spacial score (nSPS) is 16.1. The smallest absolute Gasteiger partial charge is 0.191 e. The first kappa shape index (κ1) is 21.4. The van der Waals surface area contributed by atoms with Gasteiger partial charge in [-0.15, -0.1) is 0 Å². The molecule has 0 saturated carbocycles. The van der Waals surface area contributed by atoms with Crippen molar-refractivity contribution in [1.29, 1.82) is 0 Å². The molecule has 3 rings (SSSR count). The molecule has 6 nitrogen and oxygen atoms in total. The summed E-state index contributed by atoms with van der Waals surface area (Å²) in [5.74, 6) is 1.78. The average Bonchev–Trinajstić information content (AvgIpc) is 3.25. The molecule has 0 radical (unpaired) electrons. The Morgan fingerprint density at radius 1 is 1.10 bits per heavy atom. The molecule has 29 heavy (non-hydrogen) atoms. The summed E-state index contributed by atoms with van der Waals surface area (Å²) in [6, 6.07) is 10.5. The Labute approximate surface area is 175 Å². The molecule has 2 aromatic rings. The van der Waals surface area contributed by atoms with E-state index in [1.165, 1.54) is 56.4 Å². The molecular weight excluding hydrogens is 360 g/mol. The van der Waals surface area contributed by atoms with E-state index in [0.717, 1.165) is 31.5 Å². The molecule has 1 fully saturated rings. The molecule has 1 aromatic carbocycles. The van der Waals surface area contributed by atoms with Gasteiger partial charge in [-0.2, -0.15) is 5.10 Å². The lowest BCUT2D eigenvalue weighted by molar-refractivity contribution is 0.189. The first-order chi connectivity index (χ1) is 14.2. The van der Waals surface area contributed by atoms with Crippen molar-refractivity contribution < 1.29 is 0 Å². The fourth-order valence-corrected chi connectivity index (χ4v) is 3.81. The van der Waals surface area contributed by atoms with E-state index < -0.39 is 0 Å². The van der Waals surface area contributed by atoms with Crippen LogP contribution >= 0.6 is 0 Å². The van der Waals surface area contributed by atoms with E-state index in [0.29, 0.717) is 0 Å². The molecule has 0 atom stereocenters. The number of benzene rings is 1. The van der Waals surface area contributed by atoms with Crippen molar-refractivity contribution in [1.82, 2.24) is 25.3 Å². The largest absolute Gasteiger partial charge is 0.356 e. The molecular formula is C23H36N6. The Bertz CT molecular complexity index is 732. The van der Waals surface area contributed by atoms with E-state index in [9.17, 15) is 0 Å². The van der Waals surface area contributed by atoms with Crippen molar-refractivity contribution in [3.05, 3.63) is 53.9 Å². The van der Waals surface area contributed by atoms with Crippen molar-refractivity contribution in [3.8, 4) is 0 Å². The first-order valence-corrected chi connectivity index (χ1v) is 11.0. The zero-order chi connectivity index (χ0) is 20.3. The number of hydrogen-bond acceptors (Lipinski definition) is 3. The SMILES string of the molecule is CN=C(NCCCCN1CCC(C)CC1)NCc1ccccc1Cn1cccn1. The van der Waals surface area contributed by atoms with Crippen LogP contribution in [0.3, 0.4) is 0 Å². The summed E-state index contributed by atoms with van der Waals surface area (Å²) in [5, 5.41) is 11.2. The number of likely N-dealkylation sites (tertiary alicyclic amines) is 1. The number of guanidine groups is 1. The molecule has 0 aliphatic carbocycles. The molecule has 2 heterocycles. The highest BCUT2D eigenvalue weighted by Gasteiger charge is 2.14. The van der Waals surface area contributed by atoms with Crippen LogP contribution in [-0.4, -0.2) is 53.9 Å². The lowest BCUT2D eigenvalue weighted by Crippen LogP contribution is -2.38. The molecule has 0 amide bonds. The van der Waals surface area contributed by atoms with E-state index in [4.69, 9.17) is 0 Å². The maximum atomic E-state index is 4.37. The molecule has 1 saturated heterocycles. The highest BCUT2D eigenvalue weighted by Crippen LogP contribution is 2.16. The summed E-state index contributed by atoms with van der Waals surface area (Å²) in [6.45, 7) is 8.64. The number of aromatic nitrogens is 2. The van der Waals surface area contributed by atoms with Crippen LogP contribution in [-0.2, 0) is 13.1 Å². The van der Waals surface area contributed by atoms with E-state index in [1.807, 2.05) is 30.2 Å². The van der Waals surface area contributed by atoms with Crippen LogP contribution in [0.5, 0.6) is 0 Å². The maximum absolute atomic E-state index is 4.37. The lowest BCUT2D eigenvalue weighted by atomic mass is 9.99. The minimum Gasteiger partial charge on any atom is -0.356 e. The van der Waals surface area contributed by atoms with Crippen LogP contribution < -0.4 is 10.6 Å². The Balaban J connectivity index is 1.36. The minimum atomic E-state index is 0.753. The van der Waals surface area contributed by atoms with E-state index in [2.05, 4.69) is 56.8 Å². The zero-order valence-corrected chi connectivity index (χ0v) is 18.0. The summed E-state index contributed by atoms with van der Waals surface area (Å²) in [7, 11) is 1.83. The molecule has 0 unspecified atom stereocenters. The summed E-state index contributed by atoms with van der Waals surface area (Å²) < 4.78 is 1.95. The predicted molar refractivity (Wildman–Crippen MR) is 120 cm³/mol. The van der Waals surface area contributed by atoms with Crippen molar-refractivity contribution in [2.45, 2.75) is 45.7 Å². The van der Waals surface area contributed by atoms with Gasteiger partial charge in [0.1, 0.15) is 0 Å². The predicted octanol–water partition coefficient (Wildman–Crippen LogP) is 3.11. The van der Waals surface area contributed by atoms with Gasteiger partial charge in [-0.1, -0.05) is 31.2 Å². The lowest BCUT2D eigenvalue weighted by Gasteiger charge is -2.30. The highest BCUT2D eigenvalue weighted by atomic mass is 15.3. The number of piperidine rings is 1. The van der Waals surface area contributed by atoms with Crippen LogP contribution in [0.25, 0.3) is 0 Å². The minimum absolute atomic E-state index is 0.753. The summed E-state index contributed by atoms with van der Waals surface area (Å²) in [4.78, 5) is 6.99. The number of unbranched alkanes of at least 4 members (excludes halogenated alkanes) is 1. The molecule has 1 aliphatic rings. The van der Waals surface area contributed by atoms with Gasteiger partial charge in [-0.05, 0) is 68.4 Å². The Morgan fingerprint density at radius 3 is 2.62 bits per heavy atom. The fourth-order valence-electron chi connectivity index (χ4n) is 3.81. The molecule has 1 aromatic heterocycles. The second-order valence-corrected chi connectivity index (χ2v) is 8.06. The molecule has 6 heteroatoms. The summed E-state index contributed by atoms with van der Waals surface area (Å²) in [5.41, 5.74) is 2.54. The van der Waals surface area contributed by atoms with Crippen molar-refractivity contribution in [3.63, 3.8) is 0 Å². The highest BCUT2D eigenvalue weighted by molar-refractivity contribution is 5.79. The number of aliphatic imine (C=N–C) groups is 1. The third-order valence-corrected chi connectivity index (χ3v) is 5.75. The van der Waals surface area contributed by atoms with Gasteiger partial charge in [0.25, 0.3) is 0 Å². The monoisotopic (exact) mass is 396 g/mol. The summed E-state index contributed by atoms with van der Waals surface area (Å²) in [6.07, 6.45) is 8.94. The van der Waals surface area contributed by atoms with Gasteiger partial charge in [0.15, 0.2) is 5.96 Å². The average molecular weight is 397 g/mol. The Hall–Kier alpha value is -2.34. The zero-order valence-electron chi connectivity index (χ0n) is 18.0. The number of rotatable bonds is 9. The van der Waals surface area contributed by atoms with Gasteiger partial charge in [-0.3, -0.25) is 9.67 Å². The molecule has 1 aliphatic heterocycles. The van der Waals surface area contributed by atoms with Crippen LogP contribution in [0.15, 0.2) is 47.7 Å². The van der Waals surface area contributed by atoms with Gasteiger partial charge in [-0.25, -0.2) is 0 Å². The number of nitrogens with one attached hydrogen (secondary N) is 2. The van der Waals surface area contributed by atoms with Gasteiger partial charge in [0, 0.05) is 32.5 Å². The second kappa shape index (κ2) is 11.6. The van der Waals surface area contributed by atoms with E-state index in [1.54, 1.807) is 0 Å². The van der Waals surface area contributed by atoms with Gasteiger partial charge in [0.05, 0.1) is 6.54 Å². The third-order valence-electron chi connectivity index (χ3n) is 5.75. The van der Waals surface area contributed by atoms with Crippen LogP contribution in [0.4, 0.5) is 0 Å². The van der Waals surface area contributed by atoms with Crippen molar-refractivity contribution >= 4 is 5.96 Å². The molecule has 0 spiro atoms. The van der Waals surface area contributed by atoms with Gasteiger partial charge in [0.2, 0.25) is 0 Å². The Morgan fingerprint density at radius 2 is 1.90 bits per heavy atom. The Kier molecular flexibility index (Phi) is 8.56. The van der Waals surface area contributed by atoms with Crippen LogP contribution in [0, 0.1) is 5.92 Å². The quantitative estimate of drug-likeness (QED) is 0.388. The van der Waals surface area contributed by atoms with Gasteiger partial charge < -0.3 is 15.5 Å². The standard InChI is InChI=1S/C23H36N6/c1-20-10-16-28(17-11-20)14-6-5-12-25-23(24-2)26-18-21-8-3-4-9-22(21)19-29-15-7-13-27-29/h3-4,7-9,13,15,20H,5-6,10-12,14,16-19H2,1-2H3,(H2,24,25,26). The van der Waals surface area contributed by atoms with Crippen molar-refractivity contribution in [2.24, 2.45) is 10.9 Å². The second-order valence-electron chi connectivity index (χ2n) is 8.06. The topological polar surface area (TPSA) is 57.5 Å². The fraction of sp³-hybridized carbons (Fsp3) is 0.565. The summed E-state index contributed by atoms with van der Waals surface area (Å²) >= 11 is 0. The van der Waals surface area contributed by atoms with Crippen LogP contribution in [0.1, 0.15) is 43.7 Å². The van der Waals surface area contributed by atoms with Crippen LogP contribution in [0.2, 0.25) is 0 Å².